The number of methoxy groups -OCH3 is 1. The van der Waals surface area contributed by atoms with Crippen molar-refractivity contribution in [3.05, 3.63) is 29.8 Å². The zero-order valence-corrected chi connectivity index (χ0v) is 12.0. The summed E-state index contributed by atoms with van der Waals surface area (Å²) < 4.78 is 11.0. The molecule has 0 heterocycles. The topological polar surface area (TPSA) is 30.5 Å². The summed E-state index contributed by atoms with van der Waals surface area (Å²) in [5.74, 6) is 0.878. The van der Waals surface area contributed by atoms with Gasteiger partial charge in [-0.1, -0.05) is 32.9 Å². The van der Waals surface area contributed by atoms with E-state index in [1.165, 1.54) is 0 Å². The second-order valence-corrected chi connectivity index (χ2v) is 5.29. The molecule has 0 aliphatic carbocycles. The molecule has 3 heteroatoms. The largest absolute Gasteiger partial charge is 0.497 e. The molecule has 0 radical (unpaired) electrons. The van der Waals surface area contributed by atoms with Crippen LogP contribution in [0, 0.1) is 5.41 Å². The second-order valence-electron chi connectivity index (χ2n) is 5.29. The predicted octanol–water partition coefficient (Wildman–Crippen LogP) is 2.85. The quantitative estimate of drug-likeness (QED) is 0.770. The fourth-order valence-electron chi connectivity index (χ4n) is 1.72. The van der Waals surface area contributed by atoms with Crippen molar-refractivity contribution in [3.63, 3.8) is 0 Å². The van der Waals surface area contributed by atoms with E-state index in [1.54, 1.807) is 7.11 Å². The van der Waals surface area contributed by atoms with Gasteiger partial charge in [-0.15, -0.1) is 0 Å². The van der Waals surface area contributed by atoms with Gasteiger partial charge in [-0.3, -0.25) is 0 Å². The molecule has 18 heavy (non-hydrogen) atoms. The zero-order valence-electron chi connectivity index (χ0n) is 12.0. The van der Waals surface area contributed by atoms with Crippen LogP contribution in [0.2, 0.25) is 0 Å². The van der Waals surface area contributed by atoms with Gasteiger partial charge in [0.1, 0.15) is 5.75 Å². The Hall–Kier alpha value is -1.06. The van der Waals surface area contributed by atoms with Crippen molar-refractivity contribution in [2.75, 3.05) is 26.8 Å². The molecule has 1 aromatic carbocycles. The molecule has 1 aromatic rings. The Balaban J connectivity index is 2.36. The number of rotatable bonds is 8. The minimum atomic E-state index is 0.162. The van der Waals surface area contributed by atoms with Crippen molar-refractivity contribution in [1.82, 2.24) is 5.32 Å². The molecule has 0 bridgehead atoms. The third-order valence-electron chi connectivity index (χ3n) is 2.75. The number of ether oxygens (including phenoxy) is 2. The maximum atomic E-state index is 5.79. The van der Waals surface area contributed by atoms with Crippen molar-refractivity contribution in [2.24, 2.45) is 5.41 Å². The first-order valence-corrected chi connectivity index (χ1v) is 6.49. The predicted molar refractivity (Wildman–Crippen MR) is 75.0 cm³/mol. The summed E-state index contributed by atoms with van der Waals surface area (Å²) in [6.07, 6.45) is 0. The molecule has 0 unspecified atom stereocenters. The van der Waals surface area contributed by atoms with Crippen LogP contribution in [0.3, 0.4) is 0 Å². The Kier molecular flexibility index (Phi) is 6.16. The number of hydrogen-bond donors (Lipinski definition) is 1. The Labute approximate surface area is 110 Å². The Morgan fingerprint density at radius 3 is 2.72 bits per heavy atom. The first kappa shape index (κ1) is 15.0. The van der Waals surface area contributed by atoms with Gasteiger partial charge < -0.3 is 14.8 Å². The molecular formula is C15H25NO2. The maximum Gasteiger partial charge on any atom is 0.119 e. The van der Waals surface area contributed by atoms with Gasteiger partial charge >= 0.3 is 0 Å². The monoisotopic (exact) mass is 251 g/mol. The van der Waals surface area contributed by atoms with Crippen molar-refractivity contribution >= 4 is 0 Å². The minimum absolute atomic E-state index is 0.162. The summed E-state index contributed by atoms with van der Waals surface area (Å²) in [7, 11) is 1.68. The highest BCUT2D eigenvalue weighted by molar-refractivity contribution is 5.27. The molecule has 0 aliphatic heterocycles. The summed E-state index contributed by atoms with van der Waals surface area (Å²) in [6.45, 7) is 9.89. The molecule has 3 nitrogen and oxygen atoms in total. The van der Waals surface area contributed by atoms with Crippen molar-refractivity contribution in [1.29, 1.82) is 0 Å². The summed E-state index contributed by atoms with van der Waals surface area (Å²) in [4.78, 5) is 0. The molecule has 0 spiro atoms. The van der Waals surface area contributed by atoms with Gasteiger partial charge in [-0.25, -0.2) is 0 Å². The second kappa shape index (κ2) is 7.39. The maximum absolute atomic E-state index is 5.79. The molecule has 102 valence electrons. The van der Waals surface area contributed by atoms with E-state index in [0.717, 1.165) is 31.0 Å². The summed E-state index contributed by atoms with van der Waals surface area (Å²) >= 11 is 0. The molecule has 0 amide bonds. The van der Waals surface area contributed by atoms with Crippen LogP contribution in [0.5, 0.6) is 5.75 Å². The molecule has 0 aliphatic rings. The Morgan fingerprint density at radius 1 is 1.28 bits per heavy atom. The standard InChI is InChI=1S/C15H25NO2/c1-5-16-11-15(2,3)12-18-10-13-7-6-8-14(9-13)17-4/h6-9,16H,5,10-12H2,1-4H3. The lowest BCUT2D eigenvalue weighted by Gasteiger charge is -2.24. The van der Waals surface area contributed by atoms with Crippen LogP contribution in [0.1, 0.15) is 26.3 Å². The first-order chi connectivity index (χ1) is 8.57. The summed E-state index contributed by atoms with van der Waals surface area (Å²) in [6, 6.07) is 8.00. The van der Waals surface area contributed by atoms with Gasteiger partial charge in [-0.2, -0.15) is 0 Å². The lowest BCUT2D eigenvalue weighted by molar-refractivity contribution is 0.0514. The van der Waals surface area contributed by atoms with Crippen LogP contribution in [0.15, 0.2) is 24.3 Å². The number of benzene rings is 1. The lowest BCUT2D eigenvalue weighted by atomic mass is 9.95. The fourth-order valence-corrected chi connectivity index (χ4v) is 1.72. The average Bonchev–Trinajstić information content (AvgIpc) is 2.36. The SMILES string of the molecule is CCNCC(C)(C)COCc1cccc(OC)c1. The Morgan fingerprint density at radius 2 is 2.06 bits per heavy atom. The summed E-state index contributed by atoms with van der Waals surface area (Å²) in [5, 5.41) is 3.36. The summed E-state index contributed by atoms with van der Waals surface area (Å²) in [5.41, 5.74) is 1.31. The lowest BCUT2D eigenvalue weighted by Crippen LogP contribution is -2.33. The van der Waals surface area contributed by atoms with Crippen LogP contribution < -0.4 is 10.1 Å². The minimum Gasteiger partial charge on any atom is -0.497 e. The van der Waals surface area contributed by atoms with Gasteiger partial charge in [0.05, 0.1) is 20.3 Å². The highest BCUT2D eigenvalue weighted by atomic mass is 16.5. The van der Waals surface area contributed by atoms with Gasteiger partial charge in [-0.05, 0) is 24.2 Å². The Bertz CT molecular complexity index is 350. The van der Waals surface area contributed by atoms with Crippen molar-refractivity contribution in [3.8, 4) is 5.75 Å². The fraction of sp³-hybridized carbons (Fsp3) is 0.600. The van der Waals surface area contributed by atoms with E-state index in [1.807, 2.05) is 18.2 Å². The van der Waals surface area contributed by atoms with E-state index in [-0.39, 0.29) is 5.41 Å². The number of nitrogens with one attached hydrogen (secondary N) is 1. The van der Waals surface area contributed by atoms with Gasteiger partial charge in [0, 0.05) is 12.0 Å². The van der Waals surface area contributed by atoms with E-state index in [9.17, 15) is 0 Å². The zero-order chi connectivity index (χ0) is 13.4. The molecule has 0 fully saturated rings. The number of hydrogen-bond acceptors (Lipinski definition) is 3. The van der Waals surface area contributed by atoms with E-state index >= 15 is 0 Å². The van der Waals surface area contributed by atoms with Gasteiger partial charge in [0.15, 0.2) is 0 Å². The smallest absolute Gasteiger partial charge is 0.119 e. The van der Waals surface area contributed by atoms with E-state index in [2.05, 4.69) is 32.2 Å². The molecule has 0 atom stereocenters. The van der Waals surface area contributed by atoms with Crippen molar-refractivity contribution in [2.45, 2.75) is 27.4 Å². The highest BCUT2D eigenvalue weighted by Gasteiger charge is 2.17. The molecule has 0 aromatic heterocycles. The van der Waals surface area contributed by atoms with Gasteiger partial charge in [0.2, 0.25) is 0 Å². The van der Waals surface area contributed by atoms with Crippen LogP contribution in [-0.4, -0.2) is 26.8 Å². The van der Waals surface area contributed by atoms with Crippen molar-refractivity contribution < 1.29 is 9.47 Å². The normalized spacial score (nSPS) is 11.6. The molecule has 0 saturated carbocycles. The third-order valence-corrected chi connectivity index (χ3v) is 2.75. The molecule has 1 N–H and O–H groups in total. The molecule has 0 saturated heterocycles. The van der Waals surface area contributed by atoms with Crippen LogP contribution in [0.4, 0.5) is 0 Å². The molecular weight excluding hydrogens is 226 g/mol. The third kappa shape index (κ3) is 5.52. The van der Waals surface area contributed by atoms with Crippen LogP contribution in [0.25, 0.3) is 0 Å². The van der Waals surface area contributed by atoms with Gasteiger partial charge in [0.25, 0.3) is 0 Å². The first-order valence-electron chi connectivity index (χ1n) is 6.49. The van der Waals surface area contributed by atoms with Crippen LogP contribution in [-0.2, 0) is 11.3 Å². The van der Waals surface area contributed by atoms with Crippen LogP contribution >= 0.6 is 0 Å². The molecule has 1 rings (SSSR count). The van der Waals surface area contributed by atoms with E-state index in [0.29, 0.717) is 6.61 Å². The van der Waals surface area contributed by atoms with E-state index in [4.69, 9.17) is 9.47 Å². The van der Waals surface area contributed by atoms with E-state index < -0.39 is 0 Å². The highest BCUT2D eigenvalue weighted by Crippen LogP contribution is 2.17. The average molecular weight is 251 g/mol.